The van der Waals surface area contributed by atoms with Gasteiger partial charge in [-0.2, -0.15) is 22.0 Å². The molecule has 224 valence electrons. The first-order valence-corrected chi connectivity index (χ1v) is 12.0. The number of carboxylic acid groups (broad SMARTS) is 2. The molecule has 0 fully saturated rings. The van der Waals surface area contributed by atoms with Crippen LogP contribution in [0, 0.1) is 0 Å². The van der Waals surface area contributed by atoms with Gasteiger partial charge < -0.3 is 31.2 Å². The van der Waals surface area contributed by atoms with Gasteiger partial charge in [0.1, 0.15) is 23.0 Å². The number of carboxylic acids is 2. The van der Waals surface area contributed by atoms with Gasteiger partial charge >= 0.3 is 24.0 Å². The lowest BCUT2D eigenvalue weighted by atomic mass is 9.82. The maximum Gasteiger partial charge on any atom is 0.457 e. The van der Waals surface area contributed by atoms with Gasteiger partial charge in [-0.05, 0) is 60.7 Å². The van der Waals surface area contributed by atoms with Crippen molar-refractivity contribution >= 4 is 23.3 Å². The van der Waals surface area contributed by atoms with Gasteiger partial charge in [-0.25, -0.2) is 14.0 Å². The summed E-state index contributed by atoms with van der Waals surface area (Å²) in [7, 11) is 0. The molecular formula is C29H20F6N2O6. The molecule has 0 amide bonds. The van der Waals surface area contributed by atoms with Crippen LogP contribution in [0.5, 0.6) is 23.0 Å². The first-order chi connectivity index (χ1) is 20.0. The second-order valence-corrected chi connectivity index (χ2v) is 9.09. The Bertz CT molecular complexity index is 1570. The number of hydrogen-bond donors (Lipinski definition) is 4. The summed E-state index contributed by atoms with van der Waals surface area (Å²) < 4.78 is 97.6. The van der Waals surface area contributed by atoms with Gasteiger partial charge in [0.25, 0.3) is 0 Å². The molecule has 4 aromatic carbocycles. The summed E-state index contributed by atoms with van der Waals surface area (Å²) in [6, 6.07) is 13.6. The second-order valence-electron chi connectivity index (χ2n) is 9.09. The molecule has 0 saturated carbocycles. The van der Waals surface area contributed by atoms with Crippen LogP contribution < -0.4 is 20.9 Å². The second kappa shape index (κ2) is 11.1. The molecule has 0 atom stereocenters. The predicted molar refractivity (Wildman–Crippen MR) is 142 cm³/mol. The molecule has 0 aliphatic heterocycles. The van der Waals surface area contributed by atoms with E-state index in [1.807, 2.05) is 0 Å². The summed E-state index contributed by atoms with van der Waals surface area (Å²) >= 11 is 0. The van der Waals surface area contributed by atoms with Crippen molar-refractivity contribution in [2.24, 2.45) is 0 Å². The van der Waals surface area contributed by atoms with Crippen molar-refractivity contribution < 1.29 is 55.6 Å². The lowest BCUT2D eigenvalue weighted by molar-refractivity contribution is -0.323. The number of alkyl halides is 6. The molecule has 0 aliphatic rings. The van der Waals surface area contributed by atoms with E-state index >= 15 is 4.39 Å². The SMILES string of the molecule is Nc1ccc(Oc2ccc(C(F)(c3ccc(Oc4ccc(N)c(C(=O)O)c4)cc3)C(F)(F)C(F)(F)F)cc2)cc1C(=O)O. The number of nitrogens with two attached hydrogens (primary N) is 2. The molecule has 0 spiro atoms. The quantitative estimate of drug-likeness (QED) is 0.115. The molecule has 0 radical (unpaired) electrons. The number of carbonyl (C=O) groups is 2. The normalized spacial score (nSPS) is 12.0. The number of halogens is 6. The zero-order valence-corrected chi connectivity index (χ0v) is 21.5. The van der Waals surface area contributed by atoms with Crippen LogP contribution in [0.25, 0.3) is 0 Å². The maximum absolute atomic E-state index is 16.3. The van der Waals surface area contributed by atoms with Crippen LogP contribution >= 0.6 is 0 Å². The summed E-state index contributed by atoms with van der Waals surface area (Å²) in [5.41, 5.74) is 3.87. The minimum absolute atomic E-state index is 0.0429. The highest BCUT2D eigenvalue weighted by Gasteiger charge is 2.72. The molecular weight excluding hydrogens is 586 g/mol. The topological polar surface area (TPSA) is 145 Å². The van der Waals surface area contributed by atoms with E-state index in [1.54, 1.807) is 0 Å². The molecule has 4 aromatic rings. The fourth-order valence-corrected chi connectivity index (χ4v) is 4.07. The molecule has 0 heterocycles. The Morgan fingerprint density at radius 3 is 1.19 bits per heavy atom. The third-order valence-corrected chi connectivity index (χ3v) is 6.27. The van der Waals surface area contributed by atoms with Crippen molar-refractivity contribution in [2.45, 2.75) is 17.8 Å². The van der Waals surface area contributed by atoms with Crippen molar-refractivity contribution in [3.05, 3.63) is 107 Å². The Balaban J connectivity index is 1.68. The molecule has 0 unspecified atom stereocenters. The van der Waals surface area contributed by atoms with Crippen molar-refractivity contribution in [3.63, 3.8) is 0 Å². The number of benzene rings is 4. The standard InChI is InChI=1S/C29H20F6N2O6/c30-27(28(31,32)29(33,34)35,15-1-5-17(6-2-15)42-19-9-11-23(36)21(13-19)25(38)39)16-3-7-18(8-4-16)43-20-10-12-24(37)22(14-20)26(40)41/h1-14H,36-37H2,(H,38,39)(H,40,41). The van der Waals surface area contributed by atoms with E-state index in [0.717, 1.165) is 36.4 Å². The summed E-state index contributed by atoms with van der Waals surface area (Å²) in [5, 5.41) is 18.4. The third kappa shape index (κ3) is 5.84. The number of nitrogen functional groups attached to an aromatic ring is 2. The highest BCUT2D eigenvalue weighted by Crippen LogP contribution is 2.54. The van der Waals surface area contributed by atoms with E-state index in [9.17, 15) is 41.8 Å². The molecule has 0 aliphatic carbocycles. The van der Waals surface area contributed by atoms with Gasteiger partial charge in [0.05, 0.1) is 11.1 Å². The number of rotatable bonds is 9. The average Bonchev–Trinajstić information content (AvgIpc) is 2.94. The van der Waals surface area contributed by atoms with E-state index in [4.69, 9.17) is 20.9 Å². The van der Waals surface area contributed by atoms with E-state index in [0.29, 0.717) is 24.3 Å². The Morgan fingerprint density at radius 1 is 0.558 bits per heavy atom. The van der Waals surface area contributed by atoms with Crippen LogP contribution in [0.15, 0.2) is 84.9 Å². The smallest absolute Gasteiger partial charge is 0.457 e. The van der Waals surface area contributed by atoms with Crippen LogP contribution in [-0.4, -0.2) is 34.3 Å². The Hall–Kier alpha value is -5.40. The van der Waals surface area contributed by atoms with E-state index in [-0.39, 0.29) is 45.5 Å². The monoisotopic (exact) mass is 606 g/mol. The van der Waals surface area contributed by atoms with Gasteiger partial charge in [-0.3, -0.25) is 0 Å². The Labute approximate surface area is 238 Å². The summed E-state index contributed by atoms with van der Waals surface area (Å²) in [6.45, 7) is 0. The Morgan fingerprint density at radius 2 is 0.884 bits per heavy atom. The first kappa shape index (κ1) is 30.6. The van der Waals surface area contributed by atoms with Crippen molar-refractivity contribution in [1.82, 2.24) is 0 Å². The minimum Gasteiger partial charge on any atom is -0.478 e. The van der Waals surface area contributed by atoms with Crippen LogP contribution in [0.3, 0.4) is 0 Å². The highest BCUT2D eigenvalue weighted by molar-refractivity contribution is 5.94. The fourth-order valence-electron chi connectivity index (χ4n) is 4.07. The summed E-state index contributed by atoms with van der Waals surface area (Å²) in [6.07, 6.45) is -6.31. The zero-order chi connectivity index (χ0) is 31.7. The number of aromatic carboxylic acids is 2. The molecule has 0 saturated heterocycles. The van der Waals surface area contributed by atoms with Crippen LogP contribution in [0.1, 0.15) is 31.8 Å². The molecule has 0 bridgehead atoms. The van der Waals surface area contributed by atoms with Gasteiger partial charge in [0.15, 0.2) is 0 Å². The lowest BCUT2D eigenvalue weighted by Crippen LogP contribution is -2.53. The van der Waals surface area contributed by atoms with E-state index in [2.05, 4.69) is 0 Å². The predicted octanol–water partition coefficient (Wildman–Crippen LogP) is 7.24. The fraction of sp³-hybridized carbons (Fsp3) is 0.103. The molecule has 43 heavy (non-hydrogen) atoms. The largest absolute Gasteiger partial charge is 0.478 e. The van der Waals surface area contributed by atoms with Crippen LogP contribution in [0.4, 0.5) is 37.7 Å². The van der Waals surface area contributed by atoms with Crippen molar-refractivity contribution in [3.8, 4) is 23.0 Å². The lowest BCUT2D eigenvalue weighted by Gasteiger charge is -2.35. The Kier molecular flexibility index (Phi) is 7.90. The average molecular weight is 606 g/mol. The minimum atomic E-state index is -6.31. The van der Waals surface area contributed by atoms with Gasteiger partial charge in [0.2, 0.25) is 5.67 Å². The highest BCUT2D eigenvalue weighted by atomic mass is 19.4. The molecule has 6 N–H and O–H groups in total. The number of ether oxygens (including phenoxy) is 2. The van der Waals surface area contributed by atoms with Crippen molar-refractivity contribution in [1.29, 1.82) is 0 Å². The molecule has 8 nitrogen and oxygen atoms in total. The van der Waals surface area contributed by atoms with Crippen molar-refractivity contribution in [2.75, 3.05) is 11.5 Å². The van der Waals surface area contributed by atoms with Crippen LogP contribution in [-0.2, 0) is 5.67 Å². The van der Waals surface area contributed by atoms with Gasteiger partial charge in [-0.15, -0.1) is 0 Å². The van der Waals surface area contributed by atoms with Crippen LogP contribution in [0.2, 0.25) is 0 Å². The van der Waals surface area contributed by atoms with E-state index < -0.39 is 40.8 Å². The zero-order valence-electron chi connectivity index (χ0n) is 21.5. The van der Waals surface area contributed by atoms with Gasteiger partial charge in [0, 0.05) is 22.5 Å². The summed E-state index contributed by atoms with van der Waals surface area (Å²) in [5.74, 6) is -8.97. The van der Waals surface area contributed by atoms with Gasteiger partial charge in [-0.1, -0.05) is 24.3 Å². The molecule has 14 heteroatoms. The van der Waals surface area contributed by atoms with E-state index in [1.165, 1.54) is 24.3 Å². The summed E-state index contributed by atoms with van der Waals surface area (Å²) in [4.78, 5) is 22.6. The maximum atomic E-state index is 16.3. The molecule has 0 aromatic heterocycles. The molecule has 4 rings (SSSR count). The number of hydrogen-bond acceptors (Lipinski definition) is 6. The number of anilines is 2. The first-order valence-electron chi connectivity index (χ1n) is 12.0. The third-order valence-electron chi connectivity index (χ3n) is 6.27.